The van der Waals surface area contributed by atoms with Crippen LogP contribution in [0.3, 0.4) is 0 Å². The quantitative estimate of drug-likeness (QED) is 0.0696. The summed E-state index contributed by atoms with van der Waals surface area (Å²) in [6.07, 6.45) is 0.610. The number of hydrogen-bond acceptors (Lipinski definition) is 8. The molecular formula is C47H40O8. The van der Waals surface area contributed by atoms with Crippen molar-refractivity contribution in [1.82, 2.24) is 0 Å². The molecule has 8 heteroatoms. The molecule has 276 valence electrons. The van der Waals surface area contributed by atoms with Crippen LogP contribution in [-0.4, -0.2) is 30.8 Å². The lowest BCUT2D eigenvalue weighted by Crippen LogP contribution is -2.12. The van der Waals surface area contributed by atoms with E-state index < -0.39 is 17.9 Å². The highest BCUT2D eigenvalue weighted by atomic mass is 16.5. The van der Waals surface area contributed by atoms with Crippen LogP contribution in [0.1, 0.15) is 94.6 Å². The van der Waals surface area contributed by atoms with E-state index in [1.807, 2.05) is 62.4 Å². The number of benzene rings is 6. The van der Waals surface area contributed by atoms with E-state index in [1.54, 1.807) is 67.8 Å². The molecule has 0 heterocycles. The summed E-state index contributed by atoms with van der Waals surface area (Å²) in [6, 6.07) is 38.8. The lowest BCUT2D eigenvalue weighted by atomic mass is 9.91. The van der Waals surface area contributed by atoms with Crippen molar-refractivity contribution in [3.63, 3.8) is 0 Å². The molecule has 1 unspecified atom stereocenters. The Kier molecular flexibility index (Phi) is 11.7. The summed E-state index contributed by atoms with van der Waals surface area (Å²) in [4.78, 5) is 49.9. The maximum Gasteiger partial charge on any atom is 0.343 e. The second-order valence-corrected chi connectivity index (χ2v) is 13.3. The number of carbonyl (C=O) groups is 4. The fourth-order valence-corrected chi connectivity index (χ4v) is 6.08. The predicted octanol–water partition coefficient (Wildman–Crippen LogP) is 9.91. The molecule has 0 bridgehead atoms. The molecule has 0 fully saturated rings. The van der Waals surface area contributed by atoms with E-state index in [1.165, 1.54) is 19.1 Å². The van der Waals surface area contributed by atoms with E-state index in [0.29, 0.717) is 40.4 Å². The first-order chi connectivity index (χ1) is 26.5. The van der Waals surface area contributed by atoms with E-state index in [2.05, 4.69) is 19.1 Å². The number of methoxy groups -OCH3 is 1. The van der Waals surface area contributed by atoms with Gasteiger partial charge in [0.15, 0.2) is 5.78 Å². The minimum absolute atomic E-state index is 0.0739. The minimum atomic E-state index is -0.555. The summed E-state index contributed by atoms with van der Waals surface area (Å²) in [5.41, 5.74) is 7.63. The van der Waals surface area contributed by atoms with Gasteiger partial charge < -0.3 is 18.9 Å². The van der Waals surface area contributed by atoms with Crippen molar-refractivity contribution in [3.05, 3.63) is 189 Å². The standard InChI is InChI=1S/C47H40O8/c1-29-26-39(18-24-43(29)52-5)31(3)40-19-25-44(30(2)27-40)55-47(51)38-16-14-37(15-17-38)46(50)54-42-22-8-34(9-23-42)28-33-6-20-41(21-7-33)53-45(49)36-12-10-35(11-13-36)32(4)48/h6-27,31H,28H2,1-5H3. The first kappa shape index (κ1) is 37.9. The summed E-state index contributed by atoms with van der Waals surface area (Å²) in [5, 5.41) is 0. The lowest BCUT2D eigenvalue weighted by Gasteiger charge is -2.16. The lowest BCUT2D eigenvalue weighted by molar-refractivity contribution is 0.0720. The molecule has 0 aliphatic heterocycles. The average molecular weight is 733 g/mol. The Hall–Kier alpha value is -6.80. The summed E-state index contributed by atoms with van der Waals surface area (Å²) in [7, 11) is 1.66. The van der Waals surface area contributed by atoms with Crippen molar-refractivity contribution in [2.24, 2.45) is 0 Å². The highest BCUT2D eigenvalue weighted by molar-refractivity contribution is 5.97. The van der Waals surface area contributed by atoms with Gasteiger partial charge in [-0.15, -0.1) is 0 Å². The summed E-state index contributed by atoms with van der Waals surface area (Å²) < 4.78 is 22.2. The fourth-order valence-electron chi connectivity index (χ4n) is 6.08. The second-order valence-electron chi connectivity index (χ2n) is 13.3. The van der Waals surface area contributed by atoms with Gasteiger partial charge >= 0.3 is 17.9 Å². The van der Waals surface area contributed by atoms with Crippen molar-refractivity contribution in [2.75, 3.05) is 7.11 Å². The molecule has 1 atom stereocenters. The van der Waals surface area contributed by atoms with Crippen LogP contribution in [0.5, 0.6) is 23.0 Å². The van der Waals surface area contributed by atoms with E-state index in [-0.39, 0.29) is 17.3 Å². The summed E-state index contributed by atoms with van der Waals surface area (Å²) in [5.74, 6) is 0.568. The Labute approximate surface area is 320 Å². The Bertz CT molecular complexity index is 2340. The molecule has 55 heavy (non-hydrogen) atoms. The maximum atomic E-state index is 13.0. The minimum Gasteiger partial charge on any atom is -0.496 e. The van der Waals surface area contributed by atoms with Gasteiger partial charge in [0.1, 0.15) is 23.0 Å². The zero-order valence-corrected chi connectivity index (χ0v) is 31.3. The number of carbonyl (C=O) groups excluding carboxylic acids is 4. The Morgan fingerprint density at radius 3 is 1.25 bits per heavy atom. The predicted molar refractivity (Wildman–Crippen MR) is 210 cm³/mol. The maximum absolute atomic E-state index is 13.0. The number of rotatable bonds is 12. The number of aryl methyl sites for hydroxylation is 2. The molecule has 8 nitrogen and oxygen atoms in total. The number of Topliss-reactive ketones (excluding diaryl/α,β-unsaturated/α-hetero) is 1. The van der Waals surface area contributed by atoms with Crippen LogP contribution in [0.15, 0.2) is 133 Å². The highest BCUT2D eigenvalue weighted by Gasteiger charge is 2.17. The molecule has 0 N–H and O–H groups in total. The Balaban J connectivity index is 0.991. The van der Waals surface area contributed by atoms with Crippen molar-refractivity contribution in [1.29, 1.82) is 0 Å². The third-order valence-electron chi connectivity index (χ3n) is 9.38. The Morgan fingerprint density at radius 2 is 0.873 bits per heavy atom. The van der Waals surface area contributed by atoms with Crippen LogP contribution in [0.4, 0.5) is 0 Å². The molecule has 6 rings (SSSR count). The fraction of sp³-hybridized carbons (Fsp3) is 0.149. The molecule has 0 amide bonds. The van der Waals surface area contributed by atoms with Gasteiger partial charge in [0.2, 0.25) is 0 Å². The van der Waals surface area contributed by atoms with Crippen LogP contribution in [-0.2, 0) is 6.42 Å². The summed E-state index contributed by atoms with van der Waals surface area (Å²) in [6.45, 7) is 7.53. The highest BCUT2D eigenvalue weighted by Crippen LogP contribution is 2.31. The van der Waals surface area contributed by atoms with E-state index in [4.69, 9.17) is 18.9 Å². The monoisotopic (exact) mass is 732 g/mol. The first-order valence-corrected chi connectivity index (χ1v) is 17.8. The smallest absolute Gasteiger partial charge is 0.343 e. The molecule has 6 aromatic rings. The second kappa shape index (κ2) is 16.9. The number of ketones is 1. The van der Waals surface area contributed by atoms with Crippen LogP contribution in [0.25, 0.3) is 0 Å². The Morgan fingerprint density at radius 1 is 0.491 bits per heavy atom. The SMILES string of the molecule is COc1ccc(C(C)c2ccc(OC(=O)c3ccc(C(=O)Oc4ccc(Cc5ccc(OC(=O)c6ccc(C(C)=O)cc6)cc5)cc4)cc3)c(C)c2)cc1C. The number of esters is 3. The van der Waals surface area contributed by atoms with Gasteiger partial charge in [-0.05, 0) is 133 Å². The molecule has 0 spiro atoms. The van der Waals surface area contributed by atoms with Crippen LogP contribution in [0, 0.1) is 13.8 Å². The van der Waals surface area contributed by atoms with Gasteiger partial charge in [0.25, 0.3) is 0 Å². The van der Waals surface area contributed by atoms with E-state index in [0.717, 1.165) is 39.1 Å². The normalized spacial score (nSPS) is 11.3. The van der Waals surface area contributed by atoms with Crippen LogP contribution < -0.4 is 18.9 Å². The zero-order chi connectivity index (χ0) is 39.1. The third-order valence-corrected chi connectivity index (χ3v) is 9.38. The number of hydrogen-bond donors (Lipinski definition) is 0. The molecule has 0 saturated carbocycles. The molecule has 0 saturated heterocycles. The van der Waals surface area contributed by atoms with Gasteiger partial charge in [-0.1, -0.05) is 67.6 Å². The van der Waals surface area contributed by atoms with E-state index in [9.17, 15) is 19.2 Å². The molecule has 0 aliphatic carbocycles. The number of ether oxygens (including phenoxy) is 4. The van der Waals surface area contributed by atoms with Gasteiger partial charge in [0.05, 0.1) is 23.8 Å². The first-order valence-electron chi connectivity index (χ1n) is 17.8. The van der Waals surface area contributed by atoms with Gasteiger partial charge in [-0.2, -0.15) is 0 Å². The van der Waals surface area contributed by atoms with Crippen LogP contribution >= 0.6 is 0 Å². The van der Waals surface area contributed by atoms with Crippen molar-refractivity contribution < 1.29 is 38.1 Å². The summed E-state index contributed by atoms with van der Waals surface area (Å²) >= 11 is 0. The van der Waals surface area contributed by atoms with Crippen molar-refractivity contribution in [2.45, 2.75) is 40.0 Å². The van der Waals surface area contributed by atoms with Crippen LogP contribution in [0.2, 0.25) is 0 Å². The van der Waals surface area contributed by atoms with Gasteiger partial charge in [-0.25, -0.2) is 14.4 Å². The topological polar surface area (TPSA) is 105 Å². The molecular weight excluding hydrogens is 693 g/mol. The molecule has 0 aromatic heterocycles. The molecule has 0 aliphatic rings. The molecule has 0 radical (unpaired) electrons. The van der Waals surface area contributed by atoms with Crippen molar-refractivity contribution >= 4 is 23.7 Å². The molecule has 6 aromatic carbocycles. The third kappa shape index (κ3) is 9.42. The van der Waals surface area contributed by atoms with Crippen molar-refractivity contribution in [3.8, 4) is 23.0 Å². The zero-order valence-electron chi connectivity index (χ0n) is 31.3. The van der Waals surface area contributed by atoms with E-state index >= 15 is 0 Å². The average Bonchev–Trinajstić information content (AvgIpc) is 3.19. The van der Waals surface area contributed by atoms with Gasteiger partial charge in [-0.3, -0.25) is 4.79 Å². The van der Waals surface area contributed by atoms with Gasteiger partial charge in [0, 0.05) is 11.5 Å². The largest absolute Gasteiger partial charge is 0.496 e.